The monoisotopic (exact) mass is 321 g/mol. The minimum absolute atomic E-state index is 0.000480. The second kappa shape index (κ2) is 5.53. The number of phenols is 1. The summed E-state index contributed by atoms with van der Waals surface area (Å²) in [7, 11) is 2.82. The number of aromatic hydroxyl groups is 1. The van der Waals surface area contributed by atoms with Crippen LogP contribution < -0.4 is 0 Å². The Morgan fingerprint density at radius 2 is 1.77 bits per heavy atom. The van der Waals surface area contributed by atoms with Gasteiger partial charge in [0.2, 0.25) is 5.75 Å². The van der Waals surface area contributed by atoms with Crippen molar-refractivity contribution in [2.75, 3.05) is 14.1 Å². The van der Waals surface area contributed by atoms with Gasteiger partial charge >= 0.3 is 5.69 Å². The van der Waals surface area contributed by atoms with E-state index in [4.69, 9.17) is 12.2 Å². The van der Waals surface area contributed by atoms with Crippen LogP contribution in [-0.2, 0) is 9.59 Å². The average molecular weight is 321 g/mol. The van der Waals surface area contributed by atoms with E-state index in [0.717, 1.165) is 21.9 Å². The number of amides is 2. The number of phenolic OH excluding ortho intramolecular Hbond substituents is 1. The van der Waals surface area contributed by atoms with Crippen molar-refractivity contribution >= 4 is 40.9 Å². The van der Waals surface area contributed by atoms with Gasteiger partial charge in [-0.3, -0.25) is 29.5 Å². The maximum Gasteiger partial charge on any atom is 0.311 e. The summed E-state index contributed by atoms with van der Waals surface area (Å²) in [6.45, 7) is 0. The number of likely N-dealkylation sites (N-methyl/N-ethyl adjacent to an activating group) is 2. The highest BCUT2D eigenvalue weighted by Crippen LogP contribution is 2.31. The standard InChI is InChI=1S/C13H11N3O5S/c1-14-11(18)8(12(19)15(2)13(14)22)6-7-4-3-5-9(10(7)17)16(20)21/h3-6,17H,1-2H3. The van der Waals surface area contributed by atoms with E-state index in [1.807, 2.05) is 0 Å². The molecule has 0 radical (unpaired) electrons. The number of thiocarbonyl (C=S) groups is 1. The van der Waals surface area contributed by atoms with Gasteiger partial charge in [-0.1, -0.05) is 12.1 Å². The molecule has 22 heavy (non-hydrogen) atoms. The third kappa shape index (κ3) is 2.42. The number of nitro groups is 1. The minimum atomic E-state index is -0.755. The second-order valence-electron chi connectivity index (χ2n) is 4.54. The Kier molecular flexibility index (Phi) is 3.91. The van der Waals surface area contributed by atoms with Crippen molar-refractivity contribution in [3.05, 3.63) is 39.4 Å². The second-order valence-corrected chi connectivity index (χ2v) is 4.91. The summed E-state index contributed by atoms with van der Waals surface area (Å²) in [5.41, 5.74) is -0.753. The van der Waals surface area contributed by atoms with Gasteiger partial charge in [0, 0.05) is 25.7 Å². The van der Waals surface area contributed by atoms with Crippen molar-refractivity contribution in [3.8, 4) is 5.75 Å². The first-order valence-electron chi connectivity index (χ1n) is 6.03. The predicted molar refractivity (Wildman–Crippen MR) is 80.9 cm³/mol. The number of benzene rings is 1. The fraction of sp³-hybridized carbons (Fsp3) is 0.154. The average Bonchev–Trinajstić information content (AvgIpc) is 2.48. The van der Waals surface area contributed by atoms with E-state index in [1.165, 1.54) is 26.2 Å². The molecule has 2 amide bonds. The minimum Gasteiger partial charge on any atom is -0.502 e. The van der Waals surface area contributed by atoms with E-state index in [2.05, 4.69) is 0 Å². The summed E-state index contributed by atoms with van der Waals surface area (Å²) in [6, 6.07) is 3.83. The number of rotatable bonds is 2. The fourth-order valence-electron chi connectivity index (χ4n) is 1.94. The van der Waals surface area contributed by atoms with Crippen molar-refractivity contribution in [3.63, 3.8) is 0 Å². The quantitative estimate of drug-likeness (QED) is 0.285. The first kappa shape index (κ1) is 15.6. The van der Waals surface area contributed by atoms with Gasteiger partial charge in [-0.2, -0.15) is 0 Å². The van der Waals surface area contributed by atoms with Gasteiger partial charge in [-0.05, 0) is 18.3 Å². The van der Waals surface area contributed by atoms with Crippen LogP contribution in [0.3, 0.4) is 0 Å². The first-order valence-corrected chi connectivity index (χ1v) is 6.44. The normalized spacial score (nSPS) is 15.4. The molecule has 0 spiro atoms. The van der Waals surface area contributed by atoms with Crippen LogP contribution in [0.15, 0.2) is 23.8 Å². The molecular formula is C13H11N3O5S. The van der Waals surface area contributed by atoms with E-state index >= 15 is 0 Å². The molecule has 1 fully saturated rings. The zero-order valence-electron chi connectivity index (χ0n) is 11.6. The lowest BCUT2D eigenvalue weighted by atomic mass is 10.1. The van der Waals surface area contributed by atoms with E-state index in [0.29, 0.717) is 0 Å². The first-order chi connectivity index (χ1) is 10.3. The number of hydrogen-bond acceptors (Lipinski definition) is 6. The van der Waals surface area contributed by atoms with Crippen LogP contribution in [0.4, 0.5) is 5.69 Å². The summed E-state index contributed by atoms with van der Waals surface area (Å²) in [5.74, 6) is -1.89. The number of carbonyl (C=O) groups is 2. The summed E-state index contributed by atoms with van der Waals surface area (Å²) >= 11 is 4.95. The Hall–Kier alpha value is -2.81. The maximum atomic E-state index is 12.1. The molecule has 1 aliphatic rings. The third-order valence-electron chi connectivity index (χ3n) is 3.19. The molecule has 1 aromatic rings. The zero-order chi connectivity index (χ0) is 16.6. The molecule has 1 saturated heterocycles. The number of hydrogen-bond donors (Lipinski definition) is 1. The molecule has 0 aromatic heterocycles. The Morgan fingerprint density at radius 3 is 2.27 bits per heavy atom. The van der Waals surface area contributed by atoms with Crippen LogP contribution in [0.5, 0.6) is 5.75 Å². The molecule has 1 aliphatic heterocycles. The maximum absolute atomic E-state index is 12.1. The largest absolute Gasteiger partial charge is 0.502 e. The number of para-hydroxylation sites is 1. The van der Waals surface area contributed by atoms with Gasteiger partial charge in [-0.15, -0.1) is 0 Å². The highest BCUT2D eigenvalue weighted by Gasteiger charge is 2.35. The van der Waals surface area contributed by atoms with Crippen molar-refractivity contribution in [1.29, 1.82) is 0 Å². The summed E-state index contributed by atoms with van der Waals surface area (Å²) in [5, 5.41) is 20.7. The van der Waals surface area contributed by atoms with E-state index in [9.17, 15) is 24.8 Å². The van der Waals surface area contributed by atoms with Crippen molar-refractivity contribution in [1.82, 2.24) is 9.80 Å². The lowest BCUT2D eigenvalue weighted by Crippen LogP contribution is -2.52. The highest BCUT2D eigenvalue weighted by molar-refractivity contribution is 7.80. The number of nitrogens with zero attached hydrogens (tertiary/aromatic N) is 3. The van der Waals surface area contributed by atoms with Crippen molar-refractivity contribution < 1.29 is 19.6 Å². The summed E-state index contributed by atoms with van der Waals surface area (Å²) in [6.07, 6.45) is 1.11. The van der Waals surface area contributed by atoms with Gasteiger partial charge < -0.3 is 5.11 Å². The molecule has 2 rings (SSSR count). The molecule has 114 valence electrons. The molecule has 1 heterocycles. The van der Waals surface area contributed by atoms with Crippen LogP contribution in [0.25, 0.3) is 6.08 Å². The van der Waals surface area contributed by atoms with E-state index in [1.54, 1.807) is 0 Å². The van der Waals surface area contributed by atoms with E-state index in [-0.39, 0.29) is 16.2 Å². The SMILES string of the molecule is CN1C(=O)C(=Cc2cccc([N+](=O)[O-])c2O)C(=O)N(C)C1=S. The molecule has 0 bridgehead atoms. The summed E-state index contributed by atoms with van der Waals surface area (Å²) in [4.78, 5) is 36.5. The van der Waals surface area contributed by atoms with E-state index < -0.39 is 28.2 Å². The van der Waals surface area contributed by atoms with Crippen LogP contribution in [0, 0.1) is 10.1 Å². The lowest BCUT2D eigenvalue weighted by molar-refractivity contribution is -0.385. The summed E-state index contributed by atoms with van der Waals surface area (Å²) < 4.78 is 0. The van der Waals surface area contributed by atoms with Crippen molar-refractivity contribution in [2.24, 2.45) is 0 Å². The molecule has 1 N–H and O–H groups in total. The molecule has 0 unspecified atom stereocenters. The van der Waals surface area contributed by atoms with Crippen LogP contribution in [-0.4, -0.2) is 50.9 Å². The molecule has 0 atom stereocenters. The van der Waals surface area contributed by atoms with Gasteiger partial charge in [0.05, 0.1) is 4.92 Å². The Labute approximate surface area is 130 Å². The fourth-order valence-corrected chi connectivity index (χ4v) is 2.11. The molecule has 8 nitrogen and oxygen atoms in total. The Morgan fingerprint density at radius 1 is 1.23 bits per heavy atom. The van der Waals surface area contributed by atoms with Crippen LogP contribution in [0.2, 0.25) is 0 Å². The van der Waals surface area contributed by atoms with Gasteiger partial charge in [0.15, 0.2) is 5.11 Å². The zero-order valence-corrected chi connectivity index (χ0v) is 12.5. The van der Waals surface area contributed by atoms with Crippen LogP contribution in [0.1, 0.15) is 5.56 Å². The number of nitro benzene ring substituents is 1. The molecular weight excluding hydrogens is 310 g/mol. The molecule has 9 heteroatoms. The topological polar surface area (TPSA) is 104 Å². The molecule has 0 saturated carbocycles. The predicted octanol–water partition coefficient (Wildman–Crippen LogP) is 0.899. The highest BCUT2D eigenvalue weighted by atomic mass is 32.1. The van der Waals surface area contributed by atoms with Gasteiger partial charge in [0.1, 0.15) is 5.57 Å². The lowest BCUT2D eigenvalue weighted by Gasteiger charge is -2.31. The molecule has 1 aromatic carbocycles. The van der Waals surface area contributed by atoms with Crippen molar-refractivity contribution in [2.45, 2.75) is 0 Å². The van der Waals surface area contributed by atoms with Crippen LogP contribution >= 0.6 is 12.2 Å². The third-order valence-corrected chi connectivity index (χ3v) is 3.73. The van der Waals surface area contributed by atoms with Gasteiger partial charge in [0.25, 0.3) is 11.8 Å². The number of carbonyl (C=O) groups excluding carboxylic acids is 2. The Balaban J connectivity index is 2.55. The smallest absolute Gasteiger partial charge is 0.311 e. The Bertz CT molecular complexity index is 717. The van der Waals surface area contributed by atoms with Gasteiger partial charge in [-0.25, -0.2) is 0 Å². The molecule has 0 aliphatic carbocycles.